The van der Waals surface area contributed by atoms with E-state index in [1.807, 2.05) is 35.3 Å². The molecule has 8 heteroatoms. The SMILES string of the molecule is CCc1ccc([C@H]2CC(c3ccccc3)=NN2C2=NC(=O)[C@@H](CC(=O)Nc3ccc(OC)cc3)S2)cc1. The number of nitrogens with zero attached hydrogens (tertiary/aromatic N) is 3. The van der Waals surface area contributed by atoms with Crippen molar-refractivity contribution < 1.29 is 14.3 Å². The van der Waals surface area contributed by atoms with Gasteiger partial charge in [-0.25, -0.2) is 5.01 Å². The first-order chi connectivity index (χ1) is 18.0. The summed E-state index contributed by atoms with van der Waals surface area (Å²) < 4.78 is 5.15. The minimum Gasteiger partial charge on any atom is -0.497 e. The number of methoxy groups -OCH3 is 1. The number of amidine groups is 1. The van der Waals surface area contributed by atoms with Crippen LogP contribution in [0.25, 0.3) is 0 Å². The molecule has 3 aromatic rings. The van der Waals surface area contributed by atoms with Crippen LogP contribution >= 0.6 is 11.8 Å². The van der Waals surface area contributed by atoms with Crippen molar-refractivity contribution in [3.63, 3.8) is 0 Å². The lowest BCUT2D eigenvalue weighted by atomic mass is 9.97. The van der Waals surface area contributed by atoms with Gasteiger partial charge >= 0.3 is 0 Å². The summed E-state index contributed by atoms with van der Waals surface area (Å²) in [6.45, 7) is 2.13. The van der Waals surface area contributed by atoms with Gasteiger partial charge in [-0.15, -0.1) is 0 Å². The van der Waals surface area contributed by atoms with E-state index in [2.05, 4.69) is 41.5 Å². The highest BCUT2D eigenvalue weighted by Gasteiger charge is 2.39. The number of hydrogen-bond acceptors (Lipinski definition) is 6. The van der Waals surface area contributed by atoms with Gasteiger partial charge < -0.3 is 10.1 Å². The Morgan fingerprint density at radius 3 is 2.46 bits per heavy atom. The number of carbonyl (C=O) groups is 2. The molecule has 37 heavy (non-hydrogen) atoms. The number of aliphatic imine (C=N–C) groups is 1. The van der Waals surface area contributed by atoms with Crippen molar-refractivity contribution in [1.29, 1.82) is 0 Å². The molecule has 2 heterocycles. The van der Waals surface area contributed by atoms with Gasteiger partial charge in [0.2, 0.25) is 5.91 Å². The number of benzene rings is 3. The number of carbonyl (C=O) groups excluding carboxylic acids is 2. The second kappa shape index (κ2) is 11.0. The number of anilines is 1. The van der Waals surface area contributed by atoms with E-state index in [9.17, 15) is 9.59 Å². The fourth-order valence-electron chi connectivity index (χ4n) is 4.39. The molecule has 1 N–H and O–H groups in total. The van der Waals surface area contributed by atoms with Crippen molar-refractivity contribution >= 4 is 40.1 Å². The molecule has 2 aliphatic heterocycles. The average Bonchev–Trinajstić information content (AvgIpc) is 3.53. The van der Waals surface area contributed by atoms with Crippen LogP contribution in [0.4, 0.5) is 5.69 Å². The first-order valence-electron chi connectivity index (χ1n) is 12.3. The molecule has 0 saturated carbocycles. The van der Waals surface area contributed by atoms with E-state index in [4.69, 9.17) is 9.84 Å². The molecular formula is C29H28N4O3S. The van der Waals surface area contributed by atoms with Crippen molar-refractivity contribution in [2.75, 3.05) is 12.4 Å². The van der Waals surface area contributed by atoms with E-state index in [-0.39, 0.29) is 24.3 Å². The second-order valence-electron chi connectivity index (χ2n) is 8.89. The summed E-state index contributed by atoms with van der Waals surface area (Å²) in [5.74, 6) is 0.153. The number of amides is 2. The van der Waals surface area contributed by atoms with Crippen LogP contribution in [-0.2, 0) is 16.0 Å². The van der Waals surface area contributed by atoms with Gasteiger partial charge in [0.15, 0.2) is 5.17 Å². The third kappa shape index (κ3) is 5.59. The van der Waals surface area contributed by atoms with Gasteiger partial charge in [0, 0.05) is 18.5 Å². The van der Waals surface area contributed by atoms with E-state index in [0.717, 1.165) is 23.3 Å². The molecule has 2 amide bonds. The number of ether oxygens (including phenoxy) is 1. The van der Waals surface area contributed by atoms with Gasteiger partial charge in [-0.1, -0.05) is 73.3 Å². The van der Waals surface area contributed by atoms with Crippen molar-refractivity contribution in [3.05, 3.63) is 95.6 Å². The van der Waals surface area contributed by atoms with Gasteiger partial charge in [-0.3, -0.25) is 9.59 Å². The summed E-state index contributed by atoms with van der Waals surface area (Å²) in [5, 5.41) is 9.55. The molecule has 0 radical (unpaired) electrons. The molecule has 0 aliphatic carbocycles. The zero-order valence-corrected chi connectivity index (χ0v) is 21.6. The van der Waals surface area contributed by atoms with Gasteiger partial charge in [-0.2, -0.15) is 10.1 Å². The zero-order chi connectivity index (χ0) is 25.8. The zero-order valence-electron chi connectivity index (χ0n) is 20.8. The standard InChI is InChI=1S/C29H28N4O3S/c1-3-19-9-11-21(12-10-19)25-17-24(20-7-5-4-6-8-20)32-33(25)29-31-28(35)26(37-29)18-27(34)30-22-13-15-23(36-2)16-14-22/h4-16,25-26H,3,17-18H2,1-2H3,(H,30,34)/t25-,26-/m1/s1. The fraction of sp³-hybridized carbons (Fsp3) is 0.241. The van der Waals surface area contributed by atoms with Gasteiger partial charge in [0.05, 0.1) is 18.9 Å². The van der Waals surface area contributed by atoms with Crippen LogP contribution < -0.4 is 10.1 Å². The maximum atomic E-state index is 12.8. The largest absolute Gasteiger partial charge is 0.497 e. The molecule has 0 fully saturated rings. The van der Waals surface area contributed by atoms with Gasteiger partial charge in [0.25, 0.3) is 5.91 Å². The number of hydrogen-bond donors (Lipinski definition) is 1. The number of thioether (sulfide) groups is 1. The van der Waals surface area contributed by atoms with Crippen LogP contribution in [0.2, 0.25) is 0 Å². The highest BCUT2D eigenvalue weighted by molar-refractivity contribution is 8.15. The smallest absolute Gasteiger partial charge is 0.262 e. The molecule has 0 unspecified atom stereocenters. The quantitative estimate of drug-likeness (QED) is 0.456. The first kappa shape index (κ1) is 24.8. The van der Waals surface area contributed by atoms with Crippen LogP contribution in [0.5, 0.6) is 5.75 Å². The van der Waals surface area contributed by atoms with Crippen LogP contribution in [0, 0.1) is 0 Å². The normalized spacial score (nSPS) is 19.0. The molecule has 0 saturated heterocycles. The van der Waals surface area contributed by atoms with Crippen molar-refractivity contribution in [2.24, 2.45) is 10.1 Å². The molecule has 188 valence electrons. The van der Waals surface area contributed by atoms with Gasteiger partial charge in [-0.05, 0) is 47.4 Å². The molecule has 7 nitrogen and oxygen atoms in total. The summed E-state index contributed by atoms with van der Waals surface area (Å²) in [6, 6.07) is 25.6. The van der Waals surface area contributed by atoms with E-state index < -0.39 is 5.25 Å². The van der Waals surface area contributed by atoms with Crippen LogP contribution in [0.3, 0.4) is 0 Å². The highest BCUT2D eigenvalue weighted by atomic mass is 32.2. The Morgan fingerprint density at radius 2 is 1.78 bits per heavy atom. The third-order valence-corrected chi connectivity index (χ3v) is 7.60. The van der Waals surface area contributed by atoms with E-state index in [0.29, 0.717) is 23.0 Å². The highest BCUT2D eigenvalue weighted by Crippen LogP contribution is 2.38. The van der Waals surface area contributed by atoms with E-state index in [1.165, 1.54) is 17.3 Å². The second-order valence-corrected chi connectivity index (χ2v) is 10.1. The third-order valence-electron chi connectivity index (χ3n) is 6.46. The summed E-state index contributed by atoms with van der Waals surface area (Å²) in [7, 11) is 1.59. The Bertz CT molecular complexity index is 1340. The van der Waals surface area contributed by atoms with Crippen LogP contribution in [0.1, 0.15) is 42.5 Å². The Morgan fingerprint density at radius 1 is 1.05 bits per heavy atom. The summed E-state index contributed by atoms with van der Waals surface area (Å²) in [4.78, 5) is 29.8. The lowest BCUT2D eigenvalue weighted by Gasteiger charge is -2.23. The molecule has 0 spiro atoms. The number of nitrogens with one attached hydrogen (secondary N) is 1. The topological polar surface area (TPSA) is 83.4 Å². The molecule has 3 aromatic carbocycles. The summed E-state index contributed by atoms with van der Waals surface area (Å²) >= 11 is 1.30. The maximum Gasteiger partial charge on any atom is 0.262 e. The number of rotatable bonds is 7. The molecule has 2 aliphatic rings. The van der Waals surface area contributed by atoms with Crippen molar-refractivity contribution in [2.45, 2.75) is 37.5 Å². The van der Waals surface area contributed by atoms with Crippen LogP contribution in [-0.4, -0.2) is 40.1 Å². The minimum absolute atomic E-state index is 0.0293. The predicted octanol–water partition coefficient (Wildman–Crippen LogP) is 5.44. The van der Waals surface area contributed by atoms with Crippen molar-refractivity contribution in [3.8, 4) is 5.75 Å². The fourth-order valence-corrected chi connectivity index (χ4v) is 5.45. The van der Waals surface area contributed by atoms with E-state index >= 15 is 0 Å². The summed E-state index contributed by atoms with van der Waals surface area (Å²) in [6.07, 6.45) is 1.70. The van der Waals surface area contributed by atoms with Crippen LogP contribution in [0.15, 0.2) is 89.0 Å². The molecule has 0 aromatic heterocycles. The monoisotopic (exact) mass is 512 g/mol. The molecule has 2 atom stereocenters. The number of hydrazone groups is 1. The minimum atomic E-state index is -0.590. The first-order valence-corrected chi connectivity index (χ1v) is 13.2. The van der Waals surface area contributed by atoms with Gasteiger partial charge in [0.1, 0.15) is 11.0 Å². The Labute approximate surface area is 220 Å². The Hall–Kier alpha value is -3.91. The average molecular weight is 513 g/mol. The molecule has 5 rings (SSSR count). The Balaban J connectivity index is 1.32. The van der Waals surface area contributed by atoms with E-state index in [1.54, 1.807) is 31.4 Å². The number of aryl methyl sites for hydroxylation is 1. The lowest BCUT2D eigenvalue weighted by Crippen LogP contribution is -2.25. The molecular weight excluding hydrogens is 484 g/mol. The summed E-state index contributed by atoms with van der Waals surface area (Å²) in [5.41, 5.74) is 5.02. The maximum absolute atomic E-state index is 12.8. The van der Waals surface area contributed by atoms with Crippen molar-refractivity contribution in [1.82, 2.24) is 5.01 Å². The Kier molecular flexibility index (Phi) is 7.37. The predicted molar refractivity (Wildman–Crippen MR) is 148 cm³/mol. The lowest BCUT2D eigenvalue weighted by molar-refractivity contribution is -0.121. The molecule has 0 bridgehead atoms.